The topological polar surface area (TPSA) is 50.2 Å². The van der Waals surface area contributed by atoms with Crippen LogP contribution in [0.3, 0.4) is 0 Å². The summed E-state index contributed by atoms with van der Waals surface area (Å²) in [6, 6.07) is 2.30. The molecule has 6 rings (SSSR count). The summed E-state index contributed by atoms with van der Waals surface area (Å²) in [7, 11) is 1.99. The molecule has 0 aromatic carbocycles. The van der Waals surface area contributed by atoms with E-state index >= 15 is 0 Å². The zero-order chi connectivity index (χ0) is 17.7. The molecule has 6 heteroatoms. The van der Waals surface area contributed by atoms with E-state index < -0.39 is 0 Å². The second kappa shape index (κ2) is 7.40. The number of aromatic nitrogens is 2. The summed E-state index contributed by atoms with van der Waals surface area (Å²) in [6.07, 6.45) is 12.7. The molecule has 1 aromatic heterocycles. The molecule has 1 aliphatic heterocycles. The van der Waals surface area contributed by atoms with Gasteiger partial charge in [0, 0.05) is 26.3 Å². The Morgan fingerprint density at radius 3 is 2.52 bits per heavy atom. The van der Waals surface area contributed by atoms with E-state index in [1.54, 1.807) is 0 Å². The Bertz CT molecular complexity index is 646. The Morgan fingerprint density at radius 2 is 1.93 bits per heavy atom. The van der Waals surface area contributed by atoms with Gasteiger partial charge in [-0.3, -0.25) is 9.48 Å². The normalized spacial score (nSPS) is 37.1. The molecule has 5 nitrogen and oxygen atoms in total. The van der Waals surface area contributed by atoms with Gasteiger partial charge in [-0.15, -0.1) is 12.4 Å². The Hall–Kier alpha value is -1.07. The van der Waals surface area contributed by atoms with Gasteiger partial charge >= 0.3 is 0 Å². The van der Waals surface area contributed by atoms with Crippen LogP contribution in [0, 0.1) is 23.2 Å². The van der Waals surface area contributed by atoms with Crippen LogP contribution in [0.5, 0.6) is 0 Å². The standard InChI is InChI=1S/C21H32N4O.ClH/c1-24(14-21-10-15-7-16(11-21)9-17(8-15)12-21)20(26)19-4-6-25(23-19)18-3-2-5-22-13-18;/h4,6,15-18,22H,2-3,5,7-14H2,1H3;1H. The number of piperidine rings is 1. The van der Waals surface area contributed by atoms with Crippen LogP contribution < -0.4 is 5.32 Å². The molecule has 2 heterocycles. The van der Waals surface area contributed by atoms with Crippen LogP contribution in [0.25, 0.3) is 0 Å². The maximum absolute atomic E-state index is 13.0. The van der Waals surface area contributed by atoms with Gasteiger partial charge in [0.2, 0.25) is 0 Å². The van der Waals surface area contributed by atoms with Crippen molar-refractivity contribution < 1.29 is 4.79 Å². The van der Waals surface area contributed by atoms with E-state index in [2.05, 4.69) is 10.4 Å². The number of hydrogen-bond donors (Lipinski definition) is 1. The van der Waals surface area contributed by atoms with E-state index in [1.165, 1.54) is 44.9 Å². The molecule has 1 saturated heterocycles. The highest BCUT2D eigenvalue weighted by molar-refractivity contribution is 5.92. The van der Waals surface area contributed by atoms with E-state index in [0.29, 0.717) is 17.2 Å². The molecule has 1 unspecified atom stereocenters. The fourth-order valence-electron chi connectivity index (χ4n) is 6.97. The second-order valence-corrected chi connectivity index (χ2v) is 9.76. The lowest BCUT2D eigenvalue weighted by atomic mass is 9.49. The third kappa shape index (κ3) is 3.65. The van der Waals surface area contributed by atoms with E-state index in [0.717, 1.165) is 43.8 Å². The fourth-order valence-corrected chi connectivity index (χ4v) is 6.97. The predicted octanol–water partition coefficient (Wildman–Crippen LogP) is 3.52. The van der Waals surface area contributed by atoms with Crippen molar-refractivity contribution in [1.82, 2.24) is 20.0 Å². The van der Waals surface area contributed by atoms with Crippen LogP contribution in [0.1, 0.15) is 67.9 Å². The van der Waals surface area contributed by atoms with E-state index in [1.807, 2.05) is 28.9 Å². The Morgan fingerprint density at radius 1 is 1.26 bits per heavy atom. The summed E-state index contributed by atoms with van der Waals surface area (Å²) in [4.78, 5) is 15.0. The van der Waals surface area contributed by atoms with Crippen molar-refractivity contribution in [3.63, 3.8) is 0 Å². The predicted molar refractivity (Wildman–Crippen MR) is 108 cm³/mol. The van der Waals surface area contributed by atoms with Gasteiger partial charge in [0.05, 0.1) is 6.04 Å². The molecule has 4 saturated carbocycles. The first kappa shape index (κ1) is 19.3. The summed E-state index contributed by atoms with van der Waals surface area (Å²) in [5.41, 5.74) is 1.01. The van der Waals surface area contributed by atoms with E-state index in [4.69, 9.17) is 0 Å². The molecule has 5 fully saturated rings. The lowest BCUT2D eigenvalue weighted by Crippen LogP contribution is -2.51. The van der Waals surface area contributed by atoms with Crippen molar-refractivity contribution in [3.8, 4) is 0 Å². The summed E-state index contributed by atoms with van der Waals surface area (Å²) in [5.74, 6) is 2.90. The van der Waals surface area contributed by atoms with Gasteiger partial charge in [0.1, 0.15) is 5.69 Å². The Kier molecular flexibility index (Phi) is 5.28. The van der Waals surface area contributed by atoms with Crippen LogP contribution in [-0.2, 0) is 0 Å². The number of rotatable bonds is 4. The van der Waals surface area contributed by atoms with Crippen molar-refractivity contribution >= 4 is 18.3 Å². The summed E-state index contributed by atoms with van der Waals surface area (Å²) >= 11 is 0. The maximum atomic E-state index is 13.0. The van der Waals surface area contributed by atoms with Gasteiger partial charge in [0.25, 0.3) is 5.91 Å². The minimum Gasteiger partial charge on any atom is -0.340 e. The van der Waals surface area contributed by atoms with Crippen LogP contribution in [0.15, 0.2) is 12.3 Å². The quantitative estimate of drug-likeness (QED) is 0.852. The van der Waals surface area contributed by atoms with Gasteiger partial charge in [-0.2, -0.15) is 5.10 Å². The smallest absolute Gasteiger partial charge is 0.274 e. The Balaban J connectivity index is 0.00000180. The third-order valence-electron chi connectivity index (χ3n) is 7.56. The summed E-state index contributed by atoms with van der Waals surface area (Å²) in [6.45, 7) is 2.98. The minimum atomic E-state index is 0. The number of carbonyl (C=O) groups excluding carboxylic acids is 1. The van der Waals surface area contributed by atoms with Crippen molar-refractivity contribution in [2.24, 2.45) is 23.2 Å². The van der Waals surface area contributed by atoms with Crippen LogP contribution in [0.2, 0.25) is 0 Å². The molecule has 1 N–H and O–H groups in total. The average molecular weight is 393 g/mol. The highest BCUT2D eigenvalue weighted by atomic mass is 35.5. The summed E-state index contributed by atoms with van der Waals surface area (Å²) in [5, 5.41) is 8.06. The fraction of sp³-hybridized carbons (Fsp3) is 0.810. The molecule has 4 aliphatic carbocycles. The average Bonchev–Trinajstić information content (AvgIpc) is 3.10. The van der Waals surface area contributed by atoms with Gasteiger partial charge in [0.15, 0.2) is 0 Å². The highest BCUT2D eigenvalue weighted by Gasteiger charge is 2.51. The molecular weight excluding hydrogens is 360 g/mol. The minimum absolute atomic E-state index is 0. The highest BCUT2D eigenvalue weighted by Crippen LogP contribution is 2.60. The van der Waals surface area contributed by atoms with Crippen molar-refractivity contribution in [1.29, 1.82) is 0 Å². The molecule has 0 radical (unpaired) electrons. The molecule has 27 heavy (non-hydrogen) atoms. The summed E-state index contributed by atoms with van der Waals surface area (Å²) < 4.78 is 2.00. The molecule has 1 aromatic rings. The van der Waals surface area contributed by atoms with Gasteiger partial charge < -0.3 is 10.2 Å². The number of amides is 1. The lowest BCUT2D eigenvalue weighted by Gasteiger charge is -2.57. The van der Waals surface area contributed by atoms with Gasteiger partial charge in [-0.05, 0) is 87.1 Å². The number of carbonyl (C=O) groups is 1. The van der Waals surface area contributed by atoms with Gasteiger partial charge in [-0.25, -0.2) is 0 Å². The van der Waals surface area contributed by atoms with Crippen molar-refractivity contribution in [2.75, 3.05) is 26.7 Å². The molecule has 5 aliphatic rings. The molecule has 1 atom stereocenters. The van der Waals surface area contributed by atoms with Crippen LogP contribution in [0.4, 0.5) is 0 Å². The largest absolute Gasteiger partial charge is 0.340 e. The van der Waals surface area contributed by atoms with Crippen molar-refractivity contribution in [2.45, 2.75) is 57.4 Å². The number of hydrogen-bond acceptors (Lipinski definition) is 3. The van der Waals surface area contributed by atoms with Crippen LogP contribution >= 0.6 is 12.4 Å². The number of halogens is 1. The first-order chi connectivity index (χ1) is 12.6. The molecule has 1 amide bonds. The molecule has 150 valence electrons. The molecule has 0 spiro atoms. The van der Waals surface area contributed by atoms with Crippen molar-refractivity contribution in [3.05, 3.63) is 18.0 Å². The van der Waals surface area contributed by atoms with E-state index in [-0.39, 0.29) is 18.3 Å². The zero-order valence-corrected chi connectivity index (χ0v) is 17.2. The molecular formula is C21H33ClN4O. The maximum Gasteiger partial charge on any atom is 0.274 e. The second-order valence-electron chi connectivity index (χ2n) is 9.76. The Labute approximate surface area is 168 Å². The first-order valence-electron chi connectivity index (χ1n) is 10.6. The SMILES string of the molecule is CN(CC12CC3CC(CC(C3)C1)C2)C(=O)c1ccn(C2CCCNC2)n1.Cl. The zero-order valence-electron chi connectivity index (χ0n) is 16.4. The monoisotopic (exact) mass is 392 g/mol. The first-order valence-corrected chi connectivity index (χ1v) is 10.6. The molecule has 4 bridgehead atoms. The third-order valence-corrected chi connectivity index (χ3v) is 7.56. The van der Waals surface area contributed by atoms with Crippen LogP contribution in [-0.4, -0.2) is 47.3 Å². The number of nitrogens with zero attached hydrogens (tertiary/aromatic N) is 3. The van der Waals surface area contributed by atoms with Gasteiger partial charge in [-0.1, -0.05) is 0 Å². The lowest BCUT2D eigenvalue weighted by molar-refractivity contribution is -0.0629. The number of nitrogens with one attached hydrogen (secondary N) is 1. The van der Waals surface area contributed by atoms with E-state index in [9.17, 15) is 4.79 Å².